The average molecular weight is 240 g/mol. The first kappa shape index (κ1) is 12.9. The van der Waals surface area contributed by atoms with E-state index in [4.69, 9.17) is 10.5 Å². The van der Waals surface area contributed by atoms with Crippen molar-refractivity contribution in [2.45, 2.75) is 12.6 Å². The average Bonchev–Trinajstić information content (AvgIpc) is 2.27. The molecule has 0 bridgehead atoms. The van der Waals surface area contributed by atoms with Gasteiger partial charge in [-0.15, -0.1) is 0 Å². The number of nitrogens with zero attached hydrogens (tertiary/aromatic N) is 2. The first-order chi connectivity index (χ1) is 7.93. The van der Waals surface area contributed by atoms with Crippen molar-refractivity contribution in [1.82, 2.24) is 0 Å². The van der Waals surface area contributed by atoms with Gasteiger partial charge < -0.3 is 4.74 Å². The molecule has 88 valence electrons. The minimum Gasteiger partial charge on any atom is -0.496 e. The summed E-state index contributed by atoms with van der Waals surface area (Å²) in [4.78, 5) is 0. The maximum Gasteiger partial charge on any atom is 0.420 e. The Kier molecular flexibility index (Phi) is 3.59. The maximum atomic E-state index is 12.7. The van der Waals surface area contributed by atoms with Gasteiger partial charge in [-0.3, -0.25) is 0 Å². The number of ether oxygens (including phenoxy) is 1. The van der Waals surface area contributed by atoms with Crippen LogP contribution in [0.4, 0.5) is 13.2 Å². The largest absolute Gasteiger partial charge is 0.496 e. The van der Waals surface area contributed by atoms with Crippen molar-refractivity contribution in [3.8, 4) is 17.9 Å². The monoisotopic (exact) mass is 240 g/mol. The fourth-order valence-corrected chi connectivity index (χ4v) is 1.42. The number of methoxy groups -OCH3 is 1. The molecule has 0 aromatic heterocycles. The lowest BCUT2D eigenvalue weighted by Crippen LogP contribution is -2.10. The van der Waals surface area contributed by atoms with Crippen LogP contribution in [0.1, 0.15) is 16.7 Å². The van der Waals surface area contributed by atoms with Crippen molar-refractivity contribution in [2.24, 2.45) is 0 Å². The SMILES string of the molecule is COc1c(CC#N)cc(C#N)cc1C(F)(F)F. The van der Waals surface area contributed by atoms with Crippen LogP contribution < -0.4 is 4.74 Å². The van der Waals surface area contributed by atoms with Crippen LogP contribution in [-0.4, -0.2) is 7.11 Å². The van der Waals surface area contributed by atoms with Gasteiger partial charge in [0.15, 0.2) is 0 Å². The molecule has 0 heterocycles. The van der Waals surface area contributed by atoms with E-state index in [-0.39, 0.29) is 17.5 Å². The van der Waals surface area contributed by atoms with Crippen molar-refractivity contribution < 1.29 is 17.9 Å². The number of alkyl halides is 3. The van der Waals surface area contributed by atoms with Crippen LogP contribution in [0.5, 0.6) is 5.75 Å². The van der Waals surface area contributed by atoms with Gasteiger partial charge in [0, 0.05) is 5.56 Å². The standard InChI is InChI=1S/C11H7F3N2O/c1-17-10-8(2-3-15)4-7(6-16)5-9(10)11(12,13)14/h4-5H,2H2,1H3. The van der Waals surface area contributed by atoms with E-state index in [0.717, 1.165) is 7.11 Å². The predicted molar refractivity (Wildman–Crippen MR) is 52.0 cm³/mol. The lowest BCUT2D eigenvalue weighted by molar-refractivity contribution is -0.138. The third-order valence-electron chi connectivity index (χ3n) is 2.07. The van der Waals surface area contributed by atoms with Gasteiger partial charge in [-0.2, -0.15) is 23.7 Å². The molecule has 3 nitrogen and oxygen atoms in total. The molecule has 0 unspecified atom stereocenters. The van der Waals surface area contributed by atoms with Crippen LogP contribution in [0.25, 0.3) is 0 Å². The summed E-state index contributed by atoms with van der Waals surface area (Å²) in [6.45, 7) is 0. The Hall–Kier alpha value is -2.21. The molecule has 0 saturated heterocycles. The molecule has 0 aliphatic rings. The number of hydrogen-bond acceptors (Lipinski definition) is 3. The number of nitriles is 2. The van der Waals surface area contributed by atoms with Crippen molar-refractivity contribution in [3.63, 3.8) is 0 Å². The molecular weight excluding hydrogens is 233 g/mol. The normalized spacial score (nSPS) is 10.5. The number of benzene rings is 1. The van der Waals surface area contributed by atoms with Crippen molar-refractivity contribution in [2.75, 3.05) is 7.11 Å². The van der Waals surface area contributed by atoms with Crippen LogP contribution in [0, 0.1) is 22.7 Å². The zero-order valence-electron chi connectivity index (χ0n) is 8.80. The second-order valence-corrected chi connectivity index (χ2v) is 3.16. The van der Waals surface area contributed by atoms with Crippen LogP contribution in [0.2, 0.25) is 0 Å². The molecule has 0 N–H and O–H groups in total. The highest BCUT2D eigenvalue weighted by molar-refractivity contribution is 5.50. The summed E-state index contributed by atoms with van der Waals surface area (Å²) in [5, 5.41) is 17.2. The summed E-state index contributed by atoms with van der Waals surface area (Å²) >= 11 is 0. The lowest BCUT2D eigenvalue weighted by atomic mass is 10.0. The minimum atomic E-state index is -4.62. The zero-order chi connectivity index (χ0) is 13.1. The van der Waals surface area contributed by atoms with E-state index in [1.54, 1.807) is 12.1 Å². The molecule has 1 aromatic rings. The molecule has 1 aromatic carbocycles. The van der Waals surface area contributed by atoms with Gasteiger partial charge in [0.25, 0.3) is 0 Å². The summed E-state index contributed by atoms with van der Waals surface area (Å²) in [6, 6.07) is 5.28. The zero-order valence-corrected chi connectivity index (χ0v) is 8.80. The highest BCUT2D eigenvalue weighted by Crippen LogP contribution is 2.39. The van der Waals surface area contributed by atoms with Crippen LogP contribution >= 0.6 is 0 Å². The third kappa shape index (κ3) is 2.67. The highest BCUT2D eigenvalue weighted by Gasteiger charge is 2.35. The van der Waals surface area contributed by atoms with Gasteiger partial charge in [0.2, 0.25) is 0 Å². The van der Waals surface area contributed by atoms with E-state index in [1.165, 1.54) is 6.07 Å². The quantitative estimate of drug-likeness (QED) is 0.798. The summed E-state index contributed by atoms with van der Waals surface area (Å²) in [5.74, 6) is -0.405. The van der Waals surface area contributed by atoms with Gasteiger partial charge in [-0.1, -0.05) is 0 Å². The molecule has 0 amide bonds. The number of rotatable bonds is 2. The molecule has 1 rings (SSSR count). The second kappa shape index (κ2) is 4.75. The first-order valence-electron chi connectivity index (χ1n) is 4.49. The Morgan fingerprint density at radius 1 is 1.29 bits per heavy atom. The summed E-state index contributed by atoms with van der Waals surface area (Å²) in [5.41, 5.74) is -1.13. The Morgan fingerprint density at radius 2 is 1.94 bits per heavy atom. The Bertz CT molecular complexity index is 509. The summed E-state index contributed by atoms with van der Waals surface area (Å²) < 4.78 is 42.8. The van der Waals surface area contributed by atoms with Crippen LogP contribution in [0.3, 0.4) is 0 Å². The van der Waals surface area contributed by atoms with E-state index < -0.39 is 17.5 Å². The first-order valence-corrected chi connectivity index (χ1v) is 4.49. The van der Waals surface area contributed by atoms with Crippen LogP contribution in [0.15, 0.2) is 12.1 Å². The maximum absolute atomic E-state index is 12.7. The summed E-state index contributed by atoms with van der Waals surface area (Å²) in [7, 11) is 1.09. The second-order valence-electron chi connectivity index (χ2n) is 3.16. The molecule has 0 aliphatic heterocycles. The predicted octanol–water partition coefficient (Wildman–Crippen LogP) is 2.65. The van der Waals surface area contributed by atoms with E-state index in [9.17, 15) is 13.2 Å². The molecule has 17 heavy (non-hydrogen) atoms. The molecule has 0 aliphatic carbocycles. The topological polar surface area (TPSA) is 56.8 Å². The Balaban J connectivity index is 3.53. The molecule has 0 saturated carbocycles. The number of halogens is 3. The van der Waals surface area contributed by atoms with Crippen molar-refractivity contribution >= 4 is 0 Å². The molecule has 0 atom stereocenters. The van der Waals surface area contributed by atoms with Crippen molar-refractivity contribution in [1.29, 1.82) is 10.5 Å². The third-order valence-corrected chi connectivity index (χ3v) is 2.07. The summed E-state index contributed by atoms with van der Waals surface area (Å²) in [6.07, 6.45) is -4.87. The van der Waals surface area contributed by atoms with Gasteiger partial charge >= 0.3 is 6.18 Å². The number of hydrogen-bond donors (Lipinski definition) is 0. The lowest BCUT2D eigenvalue weighted by Gasteiger charge is -2.15. The Labute approximate surface area is 95.7 Å². The smallest absolute Gasteiger partial charge is 0.420 e. The molecule has 6 heteroatoms. The van der Waals surface area contributed by atoms with E-state index in [2.05, 4.69) is 4.74 Å². The van der Waals surface area contributed by atoms with E-state index in [1.807, 2.05) is 0 Å². The van der Waals surface area contributed by atoms with Gasteiger partial charge in [0.05, 0.1) is 36.8 Å². The molecular formula is C11H7F3N2O. The fraction of sp³-hybridized carbons (Fsp3) is 0.273. The van der Waals surface area contributed by atoms with Gasteiger partial charge in [-0.25, -0.2) is 0 Å². The van der Waals surface area contributed by atoms with Crippen LogP contribution in [-0.2, 0) is 12.6 Å². The fourth-order valence-electron chi connectivity index (χ4n) is 1.42. The van der Waals surface area contributed by atoms with E-state index in [0.29, 0.717) is 6.07 Å². The highest BCUT2D eigenvalue weighted by atomic mass is 19.4. The van der Waals surface area contributed by atoms with Gasteiger partial charge in [-0.05, 0) is 12.1 Å². The van der Waals surface area contributed by atoms with E-state index >= 15 is 0 Å². The Morgan fingerprint density at radius 3 is 2.35 bits per heavy atom. The minimum absolute atomic E-state index is 0.0568. The molecule has 0 radical (unpaired) electrons. The molecule has 0 fully saturated rings. The van der Waals surface area contributed by atoms with Gasteiger partial charge in [0.1, 0.15) is 5.75 Å². The van der Waals surface area contributed by atoms with Crippen molar-refractivity contribution in [3.05, 3.63) is 28.8 Å². The molecule has 0 spiro atoms.